The average Bonchev–Trinajstić information content (AvgIpc) is 3.00. The van der Waals surface area contributed by atoms with Gasteiger partial charge < -0.3 is 9.88 Å². The first-order chi connectivity index (χ1) is 9.74. The topological polar surface area (TPSA) is 36.1 Å². The van der Waals surface area contributed by atoms with E-state index in [9.17, 15) is 4.79 Å². The molecule has 3 rings (SSSR count). The van der Waals surface area contributed by atoms with Crippen LogP contribution in [-0.4, -0.2) is 22.8 Å². The van der Waals surface area contributed by atoms with E-state index in [1.165, 1.54) is 10.8 Å². The van der Waals surface area contributed by atoms with Crippen molar-refractivity contribution in [2.75, 3.05) is 7.05 Å². The van der Waals surface area contributed by atoms with E-state index in [-0.39, 0.29) is 5.91 Å². The molecule has 0 bridgehead atoms. The SMILES string of the molecule is CN(Cc1ccc2ccccc2c1)C(=O)c1ccc[nH]1. The maximum Gasteiger partial charge on any atom is 0.270 e. The molecule has 1 N–H and O–H groups in total. The number of aromatic nitrogens is 1. The van der Waals surface area contributed by atoms with Gasteiger partial charge in [-0.2, -0.15) is 0 Å². The molecule has 0 fully saturated rings. The molecule has 0 spiro atoms. The van der Waals surface area contributed by atoms with Crippen LogP contribution >= 0.6 is 0 Å². The summed E-state index contributed by atoms with van der Waals surface area (Å²) in [5.41, 5.74) is 1.75. The summed E-state index contributed by atoms with van der Waals surface area (Å²) in [6, 6.07) is 18.2. The number of carbonyl (C=O) groups excluding carboxylic acids is 1. The van der Waals surface area contributed by atoms with Gasteiger partial charge in [0.05, 0.1) is 0 Å². The molecule has 3 heteroatoms. The minimum atomic E-state index is 0.00292. The largest absolute Gasteiger partial charge is 0.357 e. The zero-order valence-corrected chi connectivity index (χ0v) is 11.3. The van der Waals surface area contributed by atoms with E-state index in [4.69, 9.17) is 0 Å². The molecule has 100 valence electrons. The predicted molar refractivity (Wildman–Crippen MR) is 80.5 cm³/mol. The lowest BCUT2D eigenvalue weighted by molar-refractivity contribution is 0.0780. The molecule has 0 aliphatic rings. The van der Waals surface area contributed by atoms with Crippen LogP contribution in [0.1, 0.15) is 16.1 Å². The van der Waals surface area contributed by atoms with Crippen molar-refractivity contribution in [1.82, 2.24) is 9.88 Å². The van der Waals surface area contributed by atoms with E-state index in [0.29, 0.717) is 12.2 Å². The highest BCUT2D eigenvalue weighted by atomic mass is 16.2. The van der Waals surface area contributed by atoms with Crippen molar-refractivity contribution in [3.8, 4) is 0 Å². The molecular weight excluding hydrogens is 248 g/mol. The Kier molecular flexibility index (Phi) is 3.25. The molecule has 0 aliphatic carbocycles. The summed E-state index contributed by atoms with van der Waals surface area (Å²) in [6.07, 6.45) is 1.76. The summed E-state index contributed by atoms with van der Waals surface area (Å²) >= 11 is 0. The van der Waals surface area contributed by atoms with Crippen LogP contribution in [-0.2, 0) is 6.54 Å². The third-order valence-corrected chi connectivity index (χ3v) is 3.41. The van der Waals surface area contributed by atoms with Crippen LogP contribution in [0, 0.1) is 0 Å². The summed E-state index contributed by atoms with van der Waals surface area (Å²) in [4.78, 5) is 16.8. The second-order valence-electron chi connectivity index (χ2n) is 4.93. The standard InChI is InChI=1S/C17H16N2O/c1-19(17(20)16-7-4-10-18-16)12-13-8-9-14-5-2-3-6-15(14)11-13/h2-11,18H,12H2,1H3. The number of amides is 1. The lowest BCUT2D eigenvalue weighted by atomic mass is 10.1. The van der Waals surface area contributed by atoms with Crippen LogP contribution in [0.15, 0.2) is 60.8 Å². The van der Waals surface area contributed by atoms with Gasteiger partial charge in [0.25, 0.3) is 5.91 Å². The van der Waals surface area contributed by atoms with Crippen molar-refractivity contribution in [2.45, 2.75) is 6.54 Å². The highest BCUT2D eigenvalue weighted by Crippen LogP contribution is 2.17. The summed E-state index contributed by atoms with van der Waals surface area (Å²) < 4.78 is 0. The number of hydrogen-bond donors (Lipinski definition) is 1. The number of H-pyrrole nitrogens is 1. The van der Waals surface area contributed by atoms with Crippen LogP contribution in [0.3, 0.4) is 0 Å². The third kappa shape index (κ3) is 2.43. The quantitative estimate of drug-likeness (QED) is 0.773. The molecule has 20 heavy (non-hydrogen) atoms. The van der Waals surface area contributed by atoms with Crippen LogP contribution < -0.4 is 0 Å². The first kappa shape index (κ1) is 12.5. The number of fused-ring (bicyclic) bond motifs is 1. The second kappa shape index (κ2) is 5.21. The van der Waals surface area contributed by atoms with Crippen molar-refractivity contribution in [3.05, 3.63) is 72.1 Å². The Morgan fingerprint density at radius 1 is 1.05 bits per heavy atom. The molecule has 2 aromatic carbocycles. The Morgan fingerprint density at radius 3 is 2.60 bits per heavy atom. The molecule has 3 nitrogen and oxygen atoms in total. The Labute approximate surface area is 117 Å². The van der Waals surface area contributed by atoms with Gasteiger partial charge in [0.1, 0.15) is 5.69 Å². The Morgan fingerprint density at radius 2 is 1.85 bits per heavy atom. The van der Waals surface area contributed by atoms with Gasteiger partial charge in [-0.1, -0.05) is 36.4 Å². The fourth-order valence-electron chi connectivity index (χ4n) is 2.35. The number of rotatable bonds is 3. The summed E-state index contributed by atoms with van der Waals surface area (Å²) in [5, 5.41) is 2.42. The highest BCUT2D eigenvalue weighted by molar-refractivity contribution is 5.92. The number of carbonyl (C=O) groups is 1. The molecule has 1 amide bonds. The van der Waals surface area contributed by atoms with Crippen molar-refractivity contribution in [1.29, 1.82) is 0 Å². The molecule has 0 saturated carbocycles. The highest BCUT2D eigenvalue weighted by Gasteiger charge is 2.12. The van der Waals surface area contributed by atoms with Gasteiger partial charge in [0.2, 0.25) is 0 Å². The molecular formula is C17H16N2O. The second-order valence-corrected chi connectivity index (χ2v) is 4.93. The lowest BCUT2D eigenvalue weighted by Gasteiger charge is -2.16. The van der Waals surface area contributed by atoms with Gasteiger partial charge in [-0.25, -0.2) is 0 Å². The number of benzene rings is 2. The smallest absolute Gasteiger partial charge is 0.270 e. The molecule has 1 aromatic heterocycles. The molecule has 0 aliphatic heterocycles. The van der Waals surface area contributed by atoms with Gasteiger partial charge in [-0.05, 0) is 34.5 Å². The van der Waals surface area contributed by atoms with Crippen LogP contribution in [0.4, 0.5) is 0 Å². The van der Waals surface area contributed by atoms with Crippen LogP contribution in [0.2, 0.25) is 0 Å². The predicted octanol–water partition coefficient (Wildman–Crippen LogP) is 3.44. The number of nitrogens with one attached hydrogen (secondary N) is 1. The first-order valence-corrected chi connectivity index (χ1v) is 6.60. The van der Waals surface area contributed by atoms with Gasteiger partial charge in [0.15, 0.2) is 0 Å². The Balaban J connectivity index is 1.80. The van der Waals surface area contributed by atoms with E-state index in [1.54, 1.807) is 17.2 Å². The molecule has 3 aromatic rings. The van der Waals surface area contributed by atoms with Crippen molar-refractivity contribution in [3.63, 3.8) is 0 Å². The Bertz CT molecular complexity index is 732. The summed E-state index contributed by atoms with van der Waals surface area (Å²) in [6.45, 7) is 0.600. The fourth-order valence-corrected chi connectivity index (χ4v) is 2.35. The monoisotopic (exact) mass is 264 g/mol. The van der Waals surface area contributed by atoms with Crippen LogP contribution in [0.5, 0.6) is 0 Å². The first-order valence-electron chi connectivity index (χ1n) is 6.60. The van der Waals surface area contributed by atoms with Crippen molar-refractivity contribution >= 4 is 16.7 Å². The molecule has 0 saturated heterocycles. The number of nitrogens with zero attached hydrogens (tertiary/aromatic N) is 1. The molecule has 0 unspecified atom stereocenters. The van der Waals surface area contributed by atoms with E-state index in [0.717, 1.165) is 5.56 Å². The normalized spacial score (nSPS) is 10.7. The van der Waals surface area contributed by atoms with Crippen molar-refractivity contribution in [2.24, 2.45) is 0 Å². The van der Waals surface area contributed by atoms with Crippen molar-refractivity contribution < 1.29 is 4.79 Å². The van der Waals surface area contributed by atoms with E-state index in [2.05, 4.69) is 35.3 Å². The third-order valence-electron chi connectivity index (χ3n) is 3.41. The van der Waals surface area contributed by atoms with Crippen LogP contribution in [0.25, 0.3) is 10.8 Å². The zero-order chi connectivity index (χ0) is 13.9. The Hall–Kier alpha value is -2.55. The molecule has 0 atom stereocenters. The fraction of sp³-hybridized carbons (Fsp3) is 0.118. The summed E-state index contributed by atoms with van der Waals surface area (Å²) in [5.74, 6) is 0.00292. The minimum absolute atomic E-state index is 0.00292. The lowest BCUT2D eigenvalue weighted by Crippen LogP contribution is -2.26. The molecule has 0 radical (unpaired) electrons. The van der Waals surface area contributed by atoms with Gasteiger partial charge in [-0.15, -0.1) is 0 Å². The van der Waals surface area contributed by atoms with E-state index in [1.807, 2.05) is 25.2 Å². The van der Waals surface area contributed by atoms with Gasteiger partial charge >= 0.3 is 0 Å². The number of hydrogen-bond acceptors (Lipinski definition) is 1. The average molecular weight is 264 g/mol. The van der Waals surface area contributed by atoms with E-state index < -0.39 is 0 Å². The van der Waals surface area contributed by atoms with Gasteiger partial charge in [0, 0.05) is 19.8 Å². The minimum Gasteiger partial charge on any atom is -0.357 e. The number of aromatic amines is 1. The molecule has 1 heterocycles. The van der Waals surface area contributed by atoms with Gasteiger partial charge in [-0.3, -0.25) is 4.79 Å². The van der Waals surface area contributed by atoms with E-state index >= 15 is 0 Å². The maximum absolute atomic E-state index is 12.2. The zero-order valence-electron chi connectivity index (χ0n) is 11.3. The summed E-state index contributed by atoms with van der Waals surface area (Å²) in [7, 11) is 1.82. The maximum atomic E-state index is 12.2.